The highest BCUT2D eigenvalue weighted by Gasteiger charge is 2.31. The van der Waals surface area contributed by atoms with Gasteiger partial charge < -0.3 is 10.4 Å². The number of nitrogens with one attached hydrogen (secondary N) is 1. The van der Waals surface area contributed by atoms with Crippen LogP contribution in [0, 0.1) is 5.92 Å². The van der Waals surface area contributed by atoms with Gasteiger partial charge in [0.2, 0.25) is 5.91 Å². The first kappa shape index (κ1) is 18.5. The maximum absolute atomic E-state index is 11.7. The molecule has 5 nitrogen and oxygen atoms in total. The van der Waals surface area contributed by atoms with Crippen LogP contribution in [0.3, 0.4) is 0 Å². The van der Waals surface area contributed by atoms with E-state index in [0.717, 1.165) is 19.4 Å². The van der Waals surface area contributed by atoms with E-state index in [1.54, 1.807) is 0 Å². The van der Waals surface area contributed by atoms with Crippen LogP contribution in [-0.2, 0) is 16.0 Å². The van der Waals surface area contributed by atoms with Crippen molar-refractivity contribution in [3.63, 3.8) is 0 Å². The minimum absolute atomic E-state index is 0. The molecule has 1 amide bonds. The van der Waals surface area contributed by atoms with Gasteiger partial charge in [-0.1, -0.05) is 30.3 Å². The fraction of sp³-hybridized carbons (Fsp3) is 0.500. The maximum Gasteiger partial charge on any atom is 0.322 e. The molecule has 2 N–H and O–H groups in total. The summed E-state index contributed by atoms with van der Waals surface area (Å²) in [7, 11) is 0. The van der Waals surface area contributed by atoms with Gasteiger partial charge in [0.1, 0.15) is 6.54 Å². The number of hydrogen-bond acceptors (Lipinski definition) is 3. The second-order valence-corrected chi connectivity index (χ2v) is 5.62. The Bertz CT molecular complexity index is 495. The van der Waals surface area contributed by atoms with Gasteiger partial charge in [-0.25, -0.2) is 0 Å². The van der Waals surface area contributed by atoms with Crippen LogP contribution in [0.15, 0.2) is 30.3 Å². The summed E-state index contributed by atoms with van der Waals surface area (Å²) in [6.45, 7) is 3.00. The molecule has 1 aliphatic rings. The van der Waals surface area contributed by atoms with E-state index in [-0.39, 0.29) is 31.4 Å². The van der Waals surface area contributed by atoms with Gasteiger partial charge >= 0.3 is 5.97 Å². The number of carboxylic acid groups (broad SMARTS) is 1. The first-order chi connectivity index (χ1) is 10.1. The first-order valence-electron chi connectivity index (χ1n) is 7.32. The molecule has 2 unspecified atom stereocenters. The van der Waals surface area contributed by atoms with Gasteiger partial charge in [0.15, 0.2) is 0 Å². The smallest absolute Gasteiger partial charge is 0.322 e. The van der Waals surface area contributed by atoms with E-state index in [4.69, 9.17) is 5.11 Å². The first-order valence-corrected chi connectivity index (χ1v) is 7.32. The summed E-state index contributed by atoms with van der Waals surface area (Å²) in [6.07, 6.45) is 2.09. The van der Waals surface area contributed by atoms with E-state index in [0.29, 0.717) is 12.0 Å². The van der Waals surface area contributed by atoms with Crippen LogP contribution in [0.4, 0.5) is 0 Å². The van der Waals surface area contributed by atoms with E-state index < -0.39 is 5.97 Å². The summed E-state index contributed by atoms with van der Waals surface area (Å²) in [6, 6.07) is 10.7. The minimum Gasteiger partial charge on any atom is -0.480 e. The van der Waals surface area contributed by atoms with Gasteiger partial charge in [0.25, 0.3) is 0 Å². The average Bonchev–Trinajstić information content (AvgIpc) is 2.79. The molecule has 1 saturated heterocycles. The van der Waals surface area contributed by atoms with Gasteiger partial charge in [-0.15, -0.1) is 12.4 Å². The number of nitrogens with zero attached hydrogens (tertiary/aromatic N) is 1. The highest BCUT2D eigenvalue weighted by atomic mass is 35.5. The number of amides is 1. The van der Waals surface area contributed by atoms with Gasteiger partial charge in [-0.2, -0.15) is 0 Å². The summed E-state index contributed by atoms with van der Waals surface area (Å²) in [5.74, 6) is -0.691. The fourth-order valence-electron chi connectivity index (χ4n) is 2.90. The summed E-state index contributed by atoms with van der Waals surface area (Å²) >= 11 is 0. The predicted molar refractivity (Wildman–Crippen MR) is 87.2 cm³/mol. The number of aliphatic carboxylic acids is 1. The van der Waals surface area contributed by atoms with Crippen LogP contribution >= 0.6 is 12.4 Å². The number of carbonyl (C=O) groups is 2. The highest BCUT2D eigenvalue weighted by molar-refractivity contribution is 5.85. The third-order valence-corrected chi connectivity index (χ3v) is 4.17. The van der Waals surface area contributed by atoms with Crippen molar-refractivity contribution in [1.29, 1.82) is 0 Å². The molecule has 0 bridgehead atoms. The molecule has 122 valence electrons. The Labute approximate surface area is 137 Å². The third-order valence-electron chi connectivity index (χ3n) is 4.17. The number of halogens is 1. The lowest BCUT2D eigenvalue weighted by Crippen LogP contribution is -2.41. The van der Waals surface area contributed by atoms with Gasteiger partial charge in [-0.3, -0.25) is 14.5 Å². The van der Waals surface area contributed by atoms with Gasteiger partial charge in [-0.05, 0) is 37.8 Å². The number of carbonyl (C=O) groups excluding carboxylic acids is 1. The Morgan fingerprint density at radius 2 is 2.00 bits per heavy atom. The molecule has 1 heterocycles. The van der Waals surface area contributed by atoms with Crippen LogP contribution in [0.2, 0.25) is 0 Å². The largest absolute Gasteiger partial charge is 0.480 e. The molecule has 1 fully saturated rings. The standard InChI is InChI=1S/C16H22N2O3.ClH/c1-12-14(9-13-5-3-2-4-6-13)7-8-18(12)11-15(19)17-10-16(20)21;/h2-6,12,14H,7-11H2,1H3,(H,17,19)(H,20,21);1H. The molecule has 2 rings (SSSR count). The molecule has 0 saturated carbocycles. The minimum atomic E-state index is -1.01. The van der Waals surface area contributed by atoms with Crippen molar-refractivity contribution in [1.82, 2.24) is 10.2 Å². The van der Waals surface area contributed by atoms with E-state index in [2.05, 4.69) is 29.3 Å². The summed E-state index contributed by atoms with van der Waals surface area (Å²) in [5.41, 5.74) is 1.33. The van der Waals surface area contributed by atoms with Crippen LogP contribution in [0.1, 0.15) is 18.9 Å². The van der Waals surface area contributed by atoms with Crippen LogP contribution in [0.5, 0.6) is 0 Å². The van der Waals surface area contributed by atoms with Crippen LogP contribution < -0.4 is 5.32 Å². The molecule has 22 heavy (non-hydrogen) atoms. The van der Waals surface area contributed by atoms with Crippen LogP contribution in [0.25, 0.3) is 0 Å². The van der Waals surface area contributed by atoms with E-state index in [1.165, 1.54) is 5.56 Å². The van der Waals surface area contributed by atoms with Gasteiger partial charge in [0.05, 0.1) is 6.54 Å². The highest BCUT2D eigenvalue weighted by Crippen LogP contribution is 2.27. The Morgan fingerprint density at radius 1 is 1.32 bits per heavy atom. The molecule has 0 radical (unpaired) electrons. The second-order valence-electron chi connectivity index (χ2n) is 5.62. The number of rotatable bonds is 6. The third kappa shape index (κ3) is 5.31. The second kappa shape index (κ2) is 8.76. The number of carboxylic acids is 1. The number of hydrogen-bond donors (Lipinski definition) is 2. The Morgan fingerprint density at radius 3 is 2.64 bits per heavy atom. The number of likely N-dealkylation sites (tertiary alicyclic amines) is 1. The van der Waals surface area contributed by atoms with Crippen molar-refractivity contribution in [3.8, 4) is 0 Å². The molecule has 0 aliphatic carbocycles. The van der Waals surface area contributed by atoms with E-state index in [1.807, 2.05) is 18.2 Å². The average molecular weight is 327 g/mol. The van der Waals surface area contributed by atoms with E-state index in [9.17, 15) is 9.59 Å². The zero-order valence-electron chi connectivity index (χ0n) is 12.7. The molecular formula is C16H23ClN2O3. The quantitative estimate of drug-likeness (QED) is 0.832. The molecule has 6 heteroatoms. The molecule has 1 aromatic carbocycles. The summed E-state index contributed by atoms with van der Waals surface area (Å²) in [4.78, 5) is 24.3. The Balaban J connectivity index is 0.00000242. The lowest BCUT2D eigenvalue weighted by molar-refractivity contribution is -0.138. The number of benzene rings is 1. The van der Waals surface area contributed by atoms with Crippen molar-refractivity contribution in [2.75, 3.05) is 19.6 Å². The molecule has 2 atom stereocenters. The Kier molecular flexibility index (Phi) is 7.35. The van der Waals surface area contributed by atoms with Crippen molar-refractivity contribution >= 4 is 24.3 Å². The van der Waals surface area contributed by atoms with Crippen molar-refractivity contribution < 1.29 is 14.7 Å². The zero-order valence-corrected chi connectivity index (χ0v) is 13.5. The predicted octanol–water partition coefficient (Wildman–Crippen LogP) is 1.56. The Hall–Kier alpha value is -1.59. The monoisotopic (exact) mass is 326 g/mol. The van der Waals surface area contributed by atoms with Crippen molar-refractivity contribution in [3.05, 3.63) is 35.9 Å². The molecule has 0 aromatic heterocycles. The lowest BCUT2D eigenvalue weighted by Gasteiger charge is -2.24. The summed E-state index contributed by atoms with van der Waals surface area (Å²) < 4.78 is 0. The SMILES string of the molecule is CC1C(Cc2ccccc2)CCN1CC(=O)NCC(=O)O.Cl. The normalized spacial score (nSPS) is 21.1. The summed E-state index contributed by atoms with van der Waals surface area (Å²) in [5, 5.41) is 11.0. The van der Waals surface area contributed by atoms with Crippen molar-refractivity contribution in [2.24, 2.45) is 5.92 Å². The molecular weight excluding hydrogens is 304 g/mol. The molecule has 1 aliphatic heterocycles. The lowest BCUT2D eigenvalue weighted by atomic mass is 9.93. The maximum atomic E-state index is 11.7. The van der Waals surface area contributed by atoms with Crippen LogP contribution in [-0.4, -0.2) is 47.6 Å². The van der Waals surface area contributed by atoms with Gasteiger partial charge in [0, 0.05) is 6.04 Å². The van der Waals surface area contributed by atoms with Crippen molar-refractivity contribution in [2.45, 2.75) is 25.8 Å². The topological polar surface area (TPSA) is 69.6 Å². The molecule has 1 aromatic rings. The van der Waals surface area contributed by atoms with E-state index >= 15 is 0 Å². The molecule has 0 spiro atoms. The zero-order chi connectivity index (χ0) is 15.2. The fourth-order valence-corrected chi connectivity index (χ4v) is 2.90.